The van der Waals surface area contributed by atoms with Gasteiger partial charge >= 0.3 is 0 Å². The monoisotopic (exact) mass is 283 g/mol. The van der Waals surface area contributed by atoms with Crippen molar-refractivity contribution in [3.05, 3.63) is 28.8 Å². The van der Waals surface area contributed by atoms with E-state index >= 15 is 0 Å². The SMILES string of the molecule is COc1cc(C=CCNC(C)(C)C)cc(Cl)c1OC. The second kappa shape index (κ2) is 6.83. The lowest BCUT2D eigenvalue weighted by Gasteiger charge is -2.18. The van der Waals surface area contributed by atoms with Gasteiger partial charge in [0.05, 0.1) is 19.2 Å². The minimum absolute atomic E-state index is 0.111. The van der Waals surface area contributed by atoms with Crippen molar-refractivity contribution in [1.29, 1.82) is 0 Å². The molecule has 1 rings (SSSR count). The number of hydrogen-bond donors (Lipinski definition) is 1. The van der Waals surface area contributed by atoms with Crippen LogP contribution in [0.5, 0.6) is 11.5 Å². The summed E-state index contributed by atoms with van der Waals surface area (Å²) in [5.74, 6) is 1.20. The van der Waals surface area contributed by atoms with Gasteiger partial charge in [0.2, 0.25) is 0 Å². The first kappa shape index (κ1) is 15.9. The number of hydrogen-bond acceptors (Lipinski definition) is 3. The molecule has 4 heteroatoms. The van der Waals surface area contributed by atoms with Crippen molar-refractivity contribution in [2.45, 2.75) is 26.3 Å². The molecule has 1 N–H and O–H groups in total. The molecule has 0 radical (unpaired) electrons. The third kappa shape index (κ3) is 5.13. The van der Waals surface area contributed by atoms with E-state index in [1.807, 2.05) is 18.2 Å². The van der Waals surface area contributed by atoms with Crippen LogP contribution >= 0.6 is 11.6 Å². The van der Waals surface area contributed by atoms with Crippen LogP contribution in [0, 0.1) is 0 Å². The number of halogens is 1. The van der Waals surface area contributed by atoms with Crippen LogP contribution in [0.1, 0.15) is 26.3 Å². The van der Waals surface area contributed by atoms with Crippen LogP contribution in [0.25, 0.3) is 6.08 Å². The average Bonchev–Trinajstić information content (AvgIpc) is 2.32. The molecule has 0 saturated heterocycles. The molecule has 1 aromatic rings. The second-order valence-corrected chi connectivity index (χ2v) is 5.68. The number of rotatable bonds is 5. The van der Waals surface area contributed by atoms with Gasteiger partial charge in [-0.25, -0.2) is 0 Å². The molecule has 0 aliphatic heterocycles. The van der Waals surface area contributed by atoms with Crippen molar-refractivity contribution < 1.29 is 9.47 Å². The fourth-order valence-electron chi connectivity index (χ4n) is 1.59. The van der Waals surface area contributed by atoms with Gasteiger partial charge in [0.25, 0.3) is 0 Å². The molecule has 19 heavy (non-hydrogen) atoms. The predicted octanol–water partition coefficient (Wildman–Crippen LogP) is 3.76. The van der Waals surface area contributed by atoms with E-state index in [2.05, 4.69) is 32.2 Å². The number of benzene rings is 1. The van der Waals surface area contributed by atoms with Gasteiger partial charge in [-0.2, -0.15) is 0 Å². The number of nitrogens with one attached hydrogen (secondary N) is 1. The molecule has 0 amide bonds. The zero-order valence-electron chi connectivity index (χ0n) is 12.2. The first-order valence-electron chi connectivity index (χ1n) is 6.20. The Kier molecular flexibility index (Phi) is 5.70. The second-order valence-electron chi connectivity index (χ2n) is 5.27. The van der Waals surface area contributed by atoms with E-state index in [1.54, 1.807) is 14.2 Å². The van der Waals surface area contributed by atoms with E-state index in [0.29, 0.717) is 16.5 Å². The standard InChI is InChI=1S/C15H22ClNO2/c1-15(2,3)17-8-6-7-11-9-12(16)14(19-5)13(10-11)18-4/h6-7,9-10,17H,8H2,1-5H3. The van der Waals surface area contributed by atoms with E-state index in [9.17, 15) is 0 Å². The Labute approximate surface area is 120 Å². The summed E-state index contributed by atoms with van der Waals surface area (Å²) >= 11 is 6.14. The minimum Gasteiger partial charge on any atom is -0.493 e. The molecule has 106 valence electrons. The molecule has 0 aliphatic rings. The molecular formula is C15H22ClNO2. The maximum atomic E-state index is 6.14. The Bertz CT molecular complexity index is 450. The van der Waals surface area contributed by atoms with Crippen LogP contribution in [0.3, 0.4) is 0 Å². The molecule has 0 saturated carbocycles. The largest absolute Gasteiger partial charge is 0.493 e. The molecule has 0 bridgehead atoms. The Hall–Kier alpha value is -1.19. The highest BCUT2D eigenvalue weighted by molar-refractivity contribution is 6.32. The van der Waals surface area contributed by atoms with Crippen LogP contribution in [-0.4, -0.2) is 26.3 Å². The summed E-state index contributed by atoms with van der Waals surface area (Å²) in [7, 11) is 3.18. The molecule has 0 spiro atoms. The molecule has 0 aromatic heterocycles. The number of methoxy groups -OCH3 is 2. The Morgan fingerprint density at radius 2 is 1.89 bits per heavy atom. The summed E-state index contributed by atoms with van der Waals surface area (Å²) in [4.78, 5) is 0. The molecule has 0 atom stereocenters. The normalized spacial score (nSPS) is 11.9. The maximum absolute atomic E-state index is 6.14. The lowest BCUT2D eigenvalue weighted by Crippen LogP contribution is -2.35. The molecule has 0 aliphatic carbocycles. The fourth-order valence-corrected chi connectivity index (χ4v) is 1.89. The first-order valence-corrected chi connectivity index (χ1v) is 6.58. The van der Waals surface area contributed by atoms with Crippen LogP contribution in [0.2, 0.25) is 5.02 Å². The van der Waals surface area contributed by atoms with Gasteiger partial charge in [-0.1, -0.05) is 23.8 Å². The topological polar surface area (TPSA) is 30.5 Å². The summed E-state index contributed by atoms with van der Waals surface area (Å²) in [6.45, 7) is 7.20. The maximum Gasteiger partial charge on any atom is 0.179 e. The molecule has 1 aromatic carbocycles. The Balaban J connectivity index is 2.79. The van der Waals surface area contributed by atoms with Gasteiger partial charge in [0.1, 0.15) is 0 Å². The summed E-state index contributed by atoms with van der Waals surface area (Å²) in [6.07, 6.45) is 4.06. The third-order valence-electron chi connectivity index (χ3n) is 2.52. The summed E-state index contributed by atoms with van der Waals surface area (Å²) < 4.78 is 10.5. The van der Waals surface area contributed by atoms with Crippen molar-refractivity contribution in [2.75, 3.05) is 20.8 Å². The van der Waals surface area contributed by atoms with Gasteiger partial charge < -0.3 is 14.8 Å². The summed E-state index contributed by atoms with van der Waals surface area (Å²) in [5, 5.41) is 3.93. The number of ether oxygens (including phenoxy) is 2. The van der Waals surface area contributed by atoms with Gasteiger partial charge in [0.15, 0.2) is 11.5 Å². The van der Waals surface area contributed by atoms with Crippen LogP contribution in [-0.2, 0) is 0 Å². The van der Waals surface area contributed by atoms with Gasteiger partial charge in [0, 0.05) is 12.1 Å². The van der Waals surface area contributed by atoms with E-state index < -0.39 is 0 Å². The predicted molar refractivity (Wildman–Crippen MR) is 81.3 cm³/mol. The van der Waals surface area contributed by atoms with Gasteiger partial charge in [-0.15, -0.1) is 0 Å². The van der Waals surface area contributed by atoms with Crippen LogP contribution < -0.4 is 14.8 Å². The minimum atomic E-state index is 0.111. The van der Waals surface area contributed by atoms with Crippen molar-refractivity contribution in [2.24, 2.45) is 0 Å². The van der Waals surface area contributed by atoms with Crippen molar-refractivity contribution in [3.8, 4) is 11.5 Å². The quantitative estimate of drug-likeness (QED) is 0.892. The molecular weight excluding hydrogens is 262 g/mol. The third-order valence-corrected chi connectivity index (χ3v) is 2.80. The highest BCUT2D eigenvalue weighted by Gasteiger charge is 2.09. The average molecular weight is 284 g/mol. The lowest BCUT2D eigenvalue weighted by molar-refractivity contribution is 0.355. The highest BCUT2D eigenvalue weighted by atomic mass is 35.5. The lowest BCUT2D eigenvalue weighted by atomic mass is 10.1. The van der Waals surface area contributed by atoms with Crippen molar-refractivity contribution >= 4 is 17.7 Å². The van der Waals surface area contributed by atoms with Crippen molar-refractivity contribution in [1.82, 2.24) is 5.32 Å². The van der Waals surface area contributed by atoms with E-state index in [0.717, 1.165) is 12.1 Å². The first-order chi connectivity index (χ1) is 8.87. The van der Waals surface area contributed by atoms with E-state index in [4.69, 9.17) is 21.1 Å². The van der Waals surface area contributed by atoms with Crippen LogP contribution in [0.15, 0.2) is 18.2 Å². The molecule has 0 unspecified atom stereocenters. The van der Waals surface area contributed by atoms with Crippen molar-refractivity contribution in [3.63, 3.8) is 0 Å². The molecule has 0 fully saturated rings. The Morgan fingerprint density at radius 3 is 2.42 bits per heavy atom. The molecule has 0 heterocycles. The zero-order valence-corrected chi connectivity index (χ0v) is 13.0. The fraction of sp³-hybridized carbons (Fsp3) is 0.467. The van der Waals surface area contributed by atoms with Crippen LogP contribution in [0.4, 0.5) is 0 Å². The summed E-state index contributed by atoms with van der Waals surface area (Å²) in [6, 6.07) is 3.76. The van der Waals surface area contributed by atoms with E-state index in [1.165, 1.54) is 0 Å². The Morgan fingerprint density at radius 1 is 1.21 bits per heavy atom. The van der Waals surface area contributed by atoms with E-state index in [-0.39, 0.29) is 5.54 Å². The highest BCUT2D eigenvalue weighted by Crippen LogP contribution is 2.36. The summed E-state index contributed by atoms with van der Waals surface area (Å²) in [5.41, 5.74) is 1.10. The zero-order chi connectivity index (χ0) is 14.5. The van der Waals surface area contributed by atoms with Gasteiger partial charge in [-0.05, 0) is 38.5 Å². The van der Waals surface area contributed by atoms with Gasteiger partial charge in [-0.3, -0.25) is 0 Å². The molecule has 3 nitrogen and oxygen atoms in total. The smallest absolute Gasteiger partial charge is 0.179 e.